The minimum Gasteiger partial charge on any atom is -0.463 e. The Labute approximate surface area is 229 Å². The van der Waals surface area contributed by atoms with Crippen molar-refractivity contribution in [2.45, 2.75) is 20.8 Å². The molecule has 0 N–H and O–H groups in total. The molecule has 0 aliphatic rings. The molecule has 0 aromatic heterocycles. The molecule has 0 bridgehead atoms. The van der Waals surface area contributed by atoms with E-state index in [1.165, 1.54) is 12.2 Å². The van der Waals surface area contributed by atoms with E-state index in [0.29, 0.717) is 5.29 Å². The van der Waals surface area contributed by atoms with Crippen LogP contribution in [0.25, 0.3) is 0 Å². The van der Waals surface area contributed by atoms with Crippen LogP contribution >= 0.6 is 6.89 Å². The lowest BCUT2D eigenvalue weighted by molar-refractivity contribution is -0.138. The lowest BCUT2D eigenvalue weighted by atomic mass is 10.2. The summed E-state index contributed by atoms with van der Waals surface area (Å²) >= 11 is 0. The molecule has 0 amide bonds. The summed E-state index contributed by atoms with van der Waals surface area (Å²) in [5, 5.41) is 3.00. The fraction of sp³-hybridized carbons (Fsp3) is 0.188. The predicted molar refractivity (Wildman–Crippen MR) is 157 cm³/mol. The highest BCUT2D eigenvalue weighted by Crippen LogP contribution is 2.47. The zero-order valence-electron chi connectivity index (χ0n) is 22.4. The van der Waals surface area contributed by atoms with Gasteiger partial charge in [0.25, 0.3) is 0 Å². The highest BCUT2D eigenvalue weighted by atomic mass is 31.2. The van der Waals surface area contributed by atoms with Gasteiger partial charge in [-0.25, -0.2) is 14.4 Å². The first kappa shape index (κ1) is 29.4. The van der Waals surface area contributed by atoms with Crippen LogP contribution in [0, 0.1) is 0 Å². The molecule has 202 valence electrons. The highest BCUT2D eigenvalue weighted by molar-refractivity contribution is 7.96. The van der Waals surface area contributed by atoms with Crippen molar-refractivity contribution in [1.29, 1.82) is 0 Å². The highest BCUT2D eigenvalue weighted by Gasteiger charge is 2.33. The van der Waals surface area contributed by atoms with Crippen LogP contribution in [0.1, 0.15) is 20.8 Å². The monoisotopic (exact) mass is 544 g/mol. The molecule has 39 heavy (non-hydrogen) atoms. The van der Waals surface area contributed by atoms with Gasteiger partial charge in [0.1, 0.15) is 0 Å². The lowest BCUT2D eigenvalue weighted by Crippen LogP contribution is -2.34. The van der Waals surface area contributed by atoms with Crippen molar-refractivity contribution < 1.29 is 28.6 Å². The van der Waals surface area contributed by atoms with Crippen LogP contribution in [-0.4, -0.2) is 43.0 Å². The summed E-state index contributed by atoms with van der Waals surface area (Å²) in [6, 6.07) is 29.2. The van der Waals surface area contributed by atoms with Crippen molar-refractivity contribution in [3.63, 3.8) is 0 Å². The van der Waals surface area contributed by atoms with Crippen LogP contribution < -0.4 is 15.9 Å². The van der Waals surface area contributed by atoms with E-state index < -0.39 is 24.8 Å². The summed E-state index contributed by atoms with van der Waals surface area (Å²) in [5.41, 5.74) is 0.0279. The third kappa shape index (κ3) is 7.04. The molecule has 3 rings (SSSR count). The van der Waals surface area contributed by atoms with Crippen molar-refractivity contribution in [2.75, 3.05) is 19.8 Å². The second-order valence-corrected chi connectivity index (χ2v) is 11.6. The number of benzene rings is 3. The molecule has 0 heterocycles. The molecule has 0 aliphatic heterocycles. The van der Waals surface area contributed by atoms with Crippen LogP contribution in [0.3, 0.4) is 0 Å². The van der Waals surface area contributed by atoms with Gasteiger partial charge in [-0.1, -0.05) is 91.0 Å². The Morgan fingerprint density at radius 2 is 1.00 bits per heavy atom. The summed E-state index contributed by atoms with van der Waals surface area (Å²) in [5.74, 6) is -1.85. The van der Waals surface area contributed by atoms with Gasteiger partial charge in [-0.2, -0.15) is 0 Å². The molecule has 0 atom stereocenters. The van der Waals surface area contributed by atoms with E-state index in [0.717, 1.165) is 22.0 Å². The summed E-state index contributed by atoms with van der Waals surface area (Å²) in [7, 11) is 0. The molecule has 6 nitrogen and oxygen atoms in total. The smallest absolute Gasteiger partial charge is 0.339 e. The molecule has 0 spiro atoms. The number of hydrogen-bond acceptors (Lipinski definition) is 6. The van der Waals surface area contributed by atoms with E-state index in [1.807, 2.05) is 91.0 Å². The van der Waals surface area contributed by atoms with Gasteiger partial charge in [0.05, 0.1) is 30.7 Å². The Kier molecular flexibility index (Phi) is 11.1. The molecule has 0 radical (unpaired) electrons. The number of ether oxygens (including phenoxy) is 3. The summed E-state index contributed by atoms with van der Waals surface area (Å²) in [4.78, 5) is 39.2. The molecular weight excluding hydrogens is 511 g/mol. The predicted octanol–water partition coefficient (Wildman–Crippen LogP) is 4.32. The topological polar surface area (TPSA) is 78.9 Å². The van der Waals surface area contributed by atoms with Crippen molar-refractivity contribution in [3.8, 4) is 0 Å². The first-order chi connectivity index (χ1) is 19.0. The SMILES string of the molecule is CCOC(=O)/C=C/C(=C/C(C(=O)OCC)=P(c1ccccc1)(c1ccccc1)c1ccccc1)C(=O)OCC. The van der Waals surface area contributed by atoms with Crippen molar-refractivity contribution in [3.05, 3.63) is 115 Å². The van der Waals surface area contributed by atoms with Crippen molar-refractivity contribution in [1.82, 2.24) is 0 Å². The minimum atomic E-state index is -2.91. The van der Waals surface area contributed by atoms with Gasteiger partial charge >= 0.3 is 17.9 Å². The molecule has 0 aliphatic carbocycles. The molecule has 7 heteroatoms. The van der Waals surface area contributed by atoms with Crippen LogP contribution in [0.5, 0.6) is 0 Å². The van der Waals surface area contributed by atoms with E-state index in [4.69, 9.17) is 14.2 Å². The number of carbonyl (C=O) groups excluding carboxylic acids is 3. The van der Waals surface area contributed by atoms with Crippen molar-refractivity contribution in [2.24, 2.45) is 0 Å². The summed E-state index contributed by atoms with van der Waals surface area (Å²) in [6.07, 6.45) is 3.99. The quantitative estimate of drug-likeness (QED) is 0.118. The van der Waals surface area contributed by atoms with E-state index in [1.54, 1.807) is 20.8 Å². The average molecular weight is 545 g/mol. The number of rotatable bonds is 11. The van der Waals surface area contributed by atoms with Crippen molar-refractivity contribution >= 4 is 46.0 Å². The second-order valence-electron chi connectivity index (χ2n) is 8.19. The van der Waals surface area contributed by atoms with Gasteiger partial charge in [-0.3, -0.25) is 0 Å². The van der Waals surface area contributed by atoms with Crippen LogP contribution in [-0.2, 0) is 28.6 Å². The van der Waals surface area contributed by atoms with Crippen LogP contribution in [0.2, 0.25) is 0 Å². The molecule has 0 saturated carbocycles. The maximum atomic E-state index is 13.9. The molecule has 0 unspecified atom stereocenters. The maximum absolute atomic E-state index is 13.9. The summed E-state index contributed by atoms with van der Waals surface area (Å²) < 4.78 is 15.9. The standard InChI is InChI=1S/C32H33O6P/c1-4-36-30(33)23-22-25(31(34)37-5-2)24-29(32(35)38-6-3)39(26-16-10-7-11-17-26,27-18-12-8-13-19-27)28-20-14-9-15-21-28/h7-24H,4-6H2,1-3H3/b23-22+,25-24-. The maximum Gasteiger partial charge on any atom is 0.339 e. The van der Waals surface area contributed by atoms with Crippen LogP contribution in [0.15, 0.2) is 115 Å². The molecule has 3 aromatic rings. The Balaban J connectivity index is 2.58. The molecular formula is C32H33O6P. The molecule has 3 aromatic carbocycles. The van der Waals surface area contributed by atoms with Gasteiger partial charge in [0, 0.05) is 6.08 Å². The minimum absolute atomic E-state index is 0.0279. The molecule has 0 fully saturated rings. The van der Waals surface area contributed by atoms with E-state index in [2.05, 4.69) is 0 Å². The van der Waals surface area contributed by atoms with E-state index in [-0.39, 0.29) is 25.4 Å². The third-order valence-electron chi connectivity index (χ3n) is 5.77. The first-order valence-corrected chi connectivity index (χ1v) is 14.6. The molecule has 0 saturated heterocycles. The van der Waals surface area contributed by atoms with E-state index >= 15 is 0 Å². The Bertz CT molecular complexity index is 1270. The number of carbonyl (C=O) groups is 3. The van der Waals surface area contributed by atoms with E-state index in [9.17, 15) is 14.4 Å². The van der Waals surface area contributed by atoms with Crippen LogP contribution in [0.4, 0.5) is 0 Å². The normalized spacial score (nSPS) is 11.6. The summed E-state index contributed by atoms with van der Waals surface area (Å²) in [6.45, 7) is 2.65. The van der Waals surface area contributed by atoms with Gasteiger partial charge in [-0.15, -0.1) is 0 Å². The average Bonchev–Trinajstić information content (AvgIpc) is 2.96. The Morgan fingerprint density at radius 3 is 1.41 bits per heavy atom. The Morgan fingerprint density at radius 1 is 0.590 bits per heavy atom. The zero-order chi connectivity index (χ0) is 28.1. The Hall–Kier alpha value is -4.15. The fourth-order valence-electron chi connectivity index (χ4n) is 4.20. The number of hydrogen-bond donors (Lipinski definition) is 0. The number of esters is 3. The van der Waals surface area contributed by atoms with Gasteiger partial charge in [0.2, 0.25) is 0 Å². The second kappa shape index (κ2) is 14.7. The zero-order valence-corrected chi connectivity index (χ0v) is 23.3. The first-order valence-electron chi connectivity index (χ1n) is 12.8. The van der Waals surface area contributed by atoms with Gasteiger partial charge < -0.3 is 14.2 Å². The lowest BCUT2D eigenvalue weighted by Gasteiger charge is -2.31. The largest absolute Gasteiger partial charge is 0.463 e. The van der Waals surface area contributed by atoms with Gasteiger partial charge in [0.15, 0.2) is 0 Å². The third-order valence-corrected chi connectivity index (χ3v) is 10.0. The fourth-order valence-corrected chi connectivity index (χ4v) is 8.46. The van der Waals surface area contributed by atoms with Gasteiger partial charge in [-0.05, 0) is 55.7 Å².